The lowest BCUT2D eigenvalue weighted by atomic mass is 9.70. The van der Waals surface area contributed by atoms with Crippen LogP contribution in [0.2, 0.25) is 0 Å². The predicted octanol–water partition coefficient (Wildman–Crippen LogP) is 1.95. The smallest absolute Gasteiger partial charge is 0.232 e. The molecule has 0 spiro atoms. The fourth-order valence-corrected chi connectivity index (χ4v) is 3.10. The zero-order valence-corrected chi connectivity index (χ0v) is 10.5. The Morgan fingerprint density at radius 2 is 2.13 bits per heavy atom. The quantitative estimate of drug-likeness (QED) is 0.582. The number of likely N-dealkylation sites (tertiary alicyclic amines) is 1. The van der Waals surface area contributed by atoms with Gasteiger partial charge in [0.2, 0.25) is 11.8 Å². The van der Waals surface area contributed by atoms with Crippen LogP contribution in [0, 0.1) is 11.3 Å². The Bertz CT molecular complexity index is 293. The number of rotatable bonds is 3. The fourth-order valence-electron chi connectivity index (χ4n) is 2.36. The normalized spacial score (nSPS) is 29.5. The summed E-state index contributed by atoms with van der Waals surface area (Å²) in [7, 11) is 0. The number of hydrogen-bond acceptors (Lipinski definition) is 2. The predicted molar refractivity (Wildman–Crippen MR) is 60.6 cm³/mol. The van der Waals surface area contributed by atoms with Crippen molar-refractivity contribution in [1.29, 1.82) is 0 Å². The van der Waals surface area contributed by atoms with Crippen LogP contribution in [-0.2, 0) is 9.59 Å². The maximum Gasteiger partial charge on any atom is 0.232 e. The van der Waals surface area contributed by atoms with Gasteiger partial charge in [0.05, 0.1) is 0 Å². The highest BCUT2D eigenvalue weighted by Crippen LogP contribution is 2.43. The van der Waals surface area contributed by atoms with Crippen molar-refractivity contribution in [1.82, 2.24) is 4.90 Å². The highest BCUT2D eigenvalue weighted by atomic mass is 79.9. The maximum atomic E-state index is 11.7. The van der Waals surface area contributed by atoms with Gasteiger partial charge in [0.1, 0.15) is 0 Å². The SMILES string of the molecule is CC1CC(=O)N(CC2(CBr)CCC2)C1=O. The molecule has 2 fully saturated rings. The summed E-state index contributed by atoms with van der Waals surface area (Å²) in [6.45, 7) is 2.46. The van der Waals surface area contributed by atoms with Crippen LogP contribution in [0.5, 0.6) is 0 Å². The van der Waals surface area contributed by atoms with Crippen LogP contribution < -0.4 is 0 Å². The Balaban J connectivity index is 2.05. The minimum atomic E-state index is -0.107. The Labute approximate surface area is 98.3 Å². The molecular weight excluding hydrogens is 258 g/mol. The van der Waals surface area contributed by atoms with Gasteiger partial charge < -0.3 is 0 Å². The van der Waals surface area contributed by atoms with Crippen molar-refractivity contribution in [3.63, 3.8) is 0 Å². The van der Waals surface area contributed by atoms with Gasteiger partial charge in [-0.15, -0.1) is 0 Å². The van der Waals surface area contributed by atoms with Crippen LogP contribution in [0.15, 0.2) is 0 Å². The van der Waals surface area contributed by atoms with E-state index in [1.54, 1.807) is 0 Å². The van der Waals surface area contributed by atoms with Gasteiger partial charge in [-0.1, -0.05) is 29.3 Å². The number of amides is 2. The van der Waals surface area contributed by atoms with Crippen LogP contribution in [0.1, 0.15) is 32.6 Å². The van der Waals surface area contributed by atoms with Gasteiger partial charge >= 0.3 is 0 Å². The van der Waals surface area contributed by atoms with Crippen molar-refractivity contribution in [2.24, 2.45) is 11.3 Å². The van der Waals surface area contributed by atoms with Crippen LogP contribution in [0.25, 0.3) is 0 Å². The molecule has 4 heteroatoms. The summed E-state index contributed by atoms with van der Waals surface area (Å²) in [5.41, 5.74) is 0.176. The van der Waals surface area contributed by atoms with Crippen molar-refractivity contribution in [2.75, 3.05) is 11.9 Å². The summed E-state index contributed by atoms with van der Waals surface area (Å²) in [6.07, 6.45) is 3.88. The van der Waals surface area contributed by atoms with E-state index in [0.29, 0.717) is 13.0 Å². The summed E-state index contributed by atoms with van der Waals surface area (Å²) >= 11 is 3.50. The van der Waals surface area contributed by atoms with E-state index in [1.165, 1.54) is 11.3 Å². The first kappa shape index (κ1) is 11.1. The average Bonchev–Trinajstić information content (AvgIpc) is 2.37. The minimum absolute atomic E-state index is 0.0136. The van der Waals surface area contributed by atoms with Crippen molar-refractivity contribution < 1.29 is 9.59 Å². The Hall–Kier alpha value is -0.380. The third kappa shape index (κ3) is 1.84. The molecule has 1 saturated carbocycles. The monoisotopic (exact) mass is 273 g/mol. The summed E-state index contributed by atoms with van der Waals surface area (Å²) in [4.78, 5) is 24.8. The van der Waals surface area contributed by atoms with Crippen molar-refractivity contribution in [3.8, 4) is 0 Å². The zero-order chi connectivity index (χ0) is 11.1. The van der Waals surface area contributed by atoms with Gasteiger partial charge in [0, 0.05) is 24.2 Å². The van der Waals surface area contributed by atoms with E-state index in [1.807, 2.05) is 6.92 Å². The Morgan fingerprint density at radius 1 is 1.47 bits per heavy atom. The van der Waals surface area contributed by atoms with Crippen LogP contribution in [0.3, 0.4) is 0 Å². The molecule has 0 radical (unpaired) electrons. The molecule has 1 heterocycles. The molecule has 3 nitrogen and oxygen atoms in total. The van der Waals surface area contributed by atoms with Gasteiger partial charge in [-0.2, -0.15) is 0 Å². The lowest BCUT2D eigenvalue weighted by Gasteiger charge is -2.42. The fraction of sp³-hybridized carbons (Fsp3) is 0.818. The number of alkyl halides is 1. The molecule has 1 saturated heterocycles. The molecule has 0 aromatic heterocycles. The highest BCUT2D eigenvalue weighted by molar-refractivity contribution is 9.09. The van der Waals surface area contributed by atoms with Crippen LogP contribution in [0.4, 0.5) is 0 Å². The van der Waals surface area contributed by atoms with E-state index >= 15 is 0 Å². The molecule has 2 amide bonds. The molecule has 15 heavy (non-hydrogen) atoms. The van der Waals surface area contributed by atoms with Crippen molar-refractivity contribution >= 4 is 27.7 Å². The van der Waals surface area contributed by atoms with E-state index < -0.39 is 0 Å². The van der Waals surface area contributed by atoms with Crippen LogP contribution >= 0.6 is 15.9 Å². The molecule has 1 unspecified atom stereocenters. The molecule has 1 aliphatic heterocycles. The van der Waals surface area contributed by atoms with E-state index in [9.17, 15) is 9.59 Å². The number of halogens is 1. The molecule has 0 aromatic carbocycles. The average molecular weight is 274 g/mol. The largest absolute Gasteiger partial charge is 0.282 e. The van der Waals surface area contributed by atoms with Gasteiger partial charge in [-0.05, 0) is 18.3 Å². The lowest BCUT2D eigenvalue weighted by Crippen LogP contribution is -2.45. The molecule has 1 atom stereocenters. The maximum absolute atomic E-state index is 11.7. The summed E-state index contributed by atoms with van der Waals surface area (Å²) in [5.74, 6) is -0.0723. The highest BCUT2D eigenvalue weighted by Gasteiger charge is 2.44. The molecule has 1 aliphatic carbocycles. The van der Waals surface area contributed by atoms with Crippen molar-refractivity contribution in [3.05, 3.63) is 0 Å². The van der Waals surface area contributed by atoms with Crippen molar-refractivity contribution in [2.45, 2.75) is 32.6 Å². The number of nitrogens with zero attached hydrogens (tertiary/aromatic N) is 1. The van der Waals surface area contributed by atoms with Gasteiger partial charge in [0.15, 0.2) is 0 Å². The van der Waals surface area contributed by atoms with E-state index in [4.69, 9.17) is 0 Å². The Kier molecular flexibility index (Phi) is 2.88. The topological polar surface area (TPSA) is 37.4 Å². The van der Waals surface area contributed by atoms with E-state index in [2.05, 4.69) is 15.9 Å². The third-order valence-corrected chi connectivity index (χ3v) is 4.85. The minimum Gasteiger partial charge on any atom is -0.282 e. The zero-order valence-electron chi connectivity index (χ0n) is 8.96. The molecular formula is C11H16BrNO2. The van der Waals surface area contributed by atoms with E-state index in [-0.39, 0.29) is 23.1 Å². The second kappa shape index (κ2) is 3.89. The summed E-state index contributed by atoms with van der Waals surface area (Å²) in [6, 6.07) is 0. The van der Waals surface area contributed by atoms with Gasteiger partial charge in [0.25, 0.3) is 0 Å². The van der Waals surface area contributed by atoms with E-state index in [0.717, 1.165) is 18.2 Å². The molecule has 0 bridgehead atoms. The third-order valence-electron chi connectivity index (χ3n) is 3.66. The lowest BCUT2D eigenvalue weighted by molar-refractivity contribution is -0.141. The number of imide groups is 1. The number of carbonyl (C=O) groups excluding carboxylic acids is 2. The summed E-state index contributed by atoms with van der Waals surface area (Å²) < 4.78 is 0. The first-order chi connectivity index (χ1) is 7.08. The van der Waals surface area contributed by atoms with Gasteiger partial charge in [-0.25, -0.2) is 0 Å². The second-order valence-corrected chi connectivity index (χ2v) is 5.47. The molecule has 2 rings (SSSR count). The number of hydrogen-bond donors (Lipinski definition) is 0. The first-order valence-electron chi connectivity index (χ1n) is 5.48. The first-order valence-corrected chi connectivity index (χ1v) is 6.60. The molecule has 2 aliphatic rings. The standard InChI is InChI=1S/C11H16BrNO2/c1-8-5-9(14)13(10(8)15)7-11(6-12)3-2-4-11/h8H,2-7H2,1H3. The Morgan fingerprint density at radius 3 is 2.47 bits per heavy atom. The summed E-state index contributed by atoms with van der Waals surface area (Å²) in [5, 5.41) is 0.894. The molecule has 0 N–H and O–H groups in total. The number of carbonyl (C=O) groups is 2. The van der Waals surface area contributed by atoms with Crippen LogP contribution in [-0.4, -0.2) is 28.6 Å². The molecule has 0 aromatic rings. The second-order valence-electron chi connectivity index (χ2n) is 4.91. The molecule has 84 valence electrons. The van der Waals surface area contributed by atoms with Gasteiger partial charge in [-0.3, -0.25) is 14.5 Å².